The molecule has 19 heavy (non-hydrogen) atoms. The summed E-state index contributed by atoms with van der Waals surface area (Å²) in [5, 5.41) is 3.41. The highest BCUT2D eigenvalue weighted by Gasteiger charge is 2.11. The molecule has 0 aliphatic rings. The summed E-state index contributed by atoms with van der Waals surface area (Å²) in [4.78, 5) is 0. The number of hydrogen-bond donors (Lipinski definition) is 1. The second kappa shape index (κ2) is 9.96. The highest BCUT2D eigenvalue weighted by molar-refractivity contribution is 5.17. The van der Waals surface area contributed by atoms with Crippen LogP contribution in [0.15, 0.2) is 24.3 Å². The van der Waals surface area contributed by atoms with E-state index in [0.29, 0.717) is 5.92 Å². The monoisotopic (exact) mass is 265 g/mol. The van der Waals surface area contributed by atoms with Crippen LogP contribution in [0.3, 0.4) is 0 Å². The Hall–Kier alpha value is -0.890. The van der Waals surface area contributed by atoms with E-state index >= 15 is 0 Å². The zero-order valence-corrected chi connectivity index (χ0v) is 12.4. The van der Waals surface area contributed by atoms with Crippen molar-refractivity contribution in [3.8, 4) is 0 Å². The van der Waals surface area contributed by atoms with Gasteiger partial charge in [0.1, 0.15) is 5.82 Å². The van der Waals surface area contributed by atoms with Gasteiger partial charge in [0.2, 0.25) is 0 Å². The van der Waals surface area contributed by atoms with Gasteiger partial charge in [-0.2, -0.15) is 0 Å². The lowest BCUT2D eigenvalue weighted by Gasteiger charge is -2.17. The van der Waals surface area contributed by atoms with Gasteiger partial charge in [0.15, 0.2) is 0 Å². The molecule has 1 rings (SSSR count). The number of benzene rings is 1. The zero-order chi connectivity index (χ0) is 13.9. The van der Waals surface area contributed by atoms with Gasteiger partial charge < -0.3 is 5.32 Å². The minimum atomic E-state index is -0.0578. The molecule has 1 nitrogen and oxygen atoms in total. The smallest absolute Gasteiger partial charge is 0.126 e. The normalized spacial score (nSPS) is 12.6. The van der Waals surface area contributed by atoms with Crippen LogP contribution in [0.4, 0.5) is 4.39 Å². The summed E-state index contributed by atoms with van der Waals surface area (Å²) >= 11 is 0. The van der Waals surface area contributed by atoms with Crippen LogP contribution in [0.5, 0.6) is 0 Å². The minimum Gasteiger partial charge on any atom is -0.317 e. The Balaban J connectivity index is 2.46. The molecule has 1 atom stereocenters. The van der Waals surface area contributed by atoms with Gasteiger partial charge in [-0.05, 0) is 43.5 Å². The first-order chi connectivity index (χ1) is 9.27. The van der Waals surface area contributed by atoms with Gasteiger partial charge in [-0.3, -0.25) is 0 Å². The lowest BCUT2D eigenvalue weighted by Crippen LogP contribution is -2.24. The van der Waals surface area contributed by atoms with Gasteiger partial charge in [-0.15, -0.1) is 0 Å². The fourth-order valence-electron chi connectivity index (χ4n) is 2.46. The van der Waals surface area contributed by atoms with Crippen LogP contribution in [0, 0.1) is 11.7 Å². The van der Waals surface area contributed by atoms with E-state index in [1.807, 2.05) is 12.1 Å². The highest BCUT2D eigenvalue weighted by atomic mass is 19.1. The van der Waals surface area contributed by atoms with Crippen molar-refractivity contribution in [3.63, 3.8) is 0 Å². The Morgan fingerprint density at radius 2 is 1.89 bits per heavy atom. The first-order valence-corrected chi connectivity index (χ1v) is 7.72. The average Bonchev–Trinajstić information content (AvgIpc) is 2.43. The number of unbranched alkanes of at least 4 members (excludes halogenated alkanes) is 3. The third kappa shape index (κ3) is 6.72. The predicted octanol–water partition coefficient (Wildman–Crippen LogP) is 4.56. The van der Waals surface area contributed by atoms with Gasteiger partial charge in [-0.25, -0.2) is 4.39 Å². The lowest BCUT2D eigenvalue weighted by molar-refractivity contribution is 0.419. The maximum atomic E-state index is 13.7. The topological polar surface area (TPSA) is 12.0 Å². The number of halogens is 1. The summed E-state index contributed by atoms with van der Waals surface area (Å²) < 4.78 is 13.7. The molecule has 0 aromatic heterocycles. The molecule has 0 amide bonds. The number of hydrogen-bond acceptors (Lipinski definition) is 1. The van der Waals surface area contributed by atoms with E-state index in [9.17, 15) is 4.39 Å². The van der Waals surface area contributed by atoms with E-state index in [2.05, 4.69) is 19.2 Å². The van der Waals surface area contributed by atoms with E-state index in [-0.39, 0.29) is 5.82 Å². The van der Waals surface area contributed by atoms with Crippen molar-refractivity contribution in [2.75, 3.05) is 13.1 Å². The molecule has 1 unspecified atom stereocenters. The fourth-order valence-corrected chi connectivity index (χ4v) is 2.46. The molecule has 0 saturated heterocycles. The molecular formula is C17H28FN. The van der Waals surface area contributed by atoms with Gasteiger partial charge in [0.25, 0.3) is 0 Å². The summed E-state index contributed by atoms with van der Waals surface area (Å²) in [5.74, 6) is 0.492. The summed E-state index contributed by atoms with van der Waals surface area (Å²) in [6, 6.07) is 7.18. The lowest BCUT2D eigenvalue weighted by atomic mass is 9.93. The molecule has 0 heterocycles. The fraction of sp³-hybridized carbons (Fsp3) is 0.647. The quantitative estimate of drug-likeness (QED) is 0.611. The van der Waals surface area contributed by atoms with E-state index in [1.165, 1.54) is 32.1 Å². The van der Waals surface area contributed by atoms with E-state index in [4.69, 9.17) is 0 Å². The van der Waals surface area contributed by atoms with Crippen molar-refractivity contribution in [2.24, 2.45) is 5.92 Å². The summed E-state index contributed by atoms with van der Waals surface area (Å²) in [7, 11) is 0. The summed E-state index contributed by atoms with van der Waals surface area (Å²) in [5.41, 5.74) is 0.862. The zero-order valence-electron chi connectivity index (χ0n) is 12.4. The van der Waals surface area contributed by atoms with Gasteiger partial charge in [-0.1, -0.05) is 57.7 Å². The molecule has 0 aliphatic heterocycles. The third-order valence-corrected chi connectivity index (χ3v) is 3.62. The standard InChI is InChI=1S/C17H28FN/c1-3-5-6-7-10-15(14-19-4-2)13-16-11-8-9-12-17(16)18/h8-9,11-12,15,19H,3-7,10,13-14H2,1-2H3. The van der Waals surface area contributed by atoms with Crippen LogP contribution in [0.25, 0.3) is 0 Å². The Labute approximate surface area is 117 Å². The van der Waals surface area contributed by atoms with E-state index in [1.54, 1.807) is 12.1 Å². The maximum absolute atomic E-state index is 13.7. The van der Waals surface area contributed by atoms with Crippen LogP contribution in [-0.2, 0) is 6.42 Å². The molecule has 1 N–H and O–H groups in total. The second-order valence-corrected chi connectivity index (χ2v) is 5.32. The maximum Gasteiger partial charge on any atom is 0.126 e. The van der Waals surface area contributed by atoms with Crippen molar-refractivity contribution in [1.82, 2.24) is 5.32 Å². The molecule has 0 bridgehead atoms. The molecule has 0 radical (unpaired) electrons. The third-order valence-electron chi connectivity index (χ3n) is 3.62. The molecule has 0 spiro atoms. The molecule has 0 fully saturated rings. The largest absolute Gasteiger partial charge is 0.317 e. The first-order valence-electron chi connectivity index (χ1n) is 7.72. The van der Waals surface area contributed by atoms with Gasteiger partial charge in [0.05, 0.1) is 0 Å². The van der Waals surface area contributed by atoms with Gasteiger partial charge in [0, 0.05) is 0 Å². The summed E-state index contributed by atoms with van der Waals surface area (Å²) in [6.45, 7) is 6.34. The molecule has 0 aliphatic carbocycles. The van der Waals surface area contributed by atoms with Crippen molar-refractivity contribution >= 4 is 0 Å². The Morgan fingerprint density at radius 3 is 2.58 bits per heavy atom. The average molecular weight is 265 g/mol. The van der Waals surface area contributed by atoms with E-state index < -0.39 is 0 Å². The minimum absolute atomic E-state index is 0.0578. The van der Waals surface area contributed by atoms with Crippen LogP contribution >= 0.6 is 0 Å². The molecular weight excluding hydrogens is 237 g/mol. The van der Waals surface area contributed by atoms with Crippen LogP contribution in [-0.4, -0.2) is 13.1 Å². The van der Waals surface area contributed by atoms with Crippen molar-refractivity contribution in [2.45, 2.75) is 52.4 Å². The highest BCUT2D eigenvalue weighted by Crippen LogP contribution is 2.18. The SMILES string of the molecule is CCCCCCC(CNCC)Cc1ccccc1F. The number of rotatable bonds is 10. The summed E-state index contributed by atoms with van der Waals surface area (Å²) in [6.07, 6.45) is 7.20. The molecule has 108 valence electrons. The molecule has 2 heteroatoms. The van der Waals surface area contributed by atoms with Crippen LogP contribution in [0.2, 0.25) is 0 Å². The predicted molar refractivity (Wildman–Crippen MR) is 80.9 cm³/mol. The molecule has 1 aromatic carbocycles. The Morgan fingerprint density at radius 1 is 1.11 bits per heavy atom. The van der Waals surface area contributed by atoms with Crippen molar-refractivity contribution in [1.29, 1.82) is 0 Å². The first kappa shape index (κ1) is 16.2. The van der Waals surface area contributed by atoms with Crippen LogP contribution in [0.1, 0.15) is 51.5 Å². The van der Waals surface area contributed by atoms with Crippen molar-refractivity contribution < 1.29 is 4.39 Å². The second-order valence-electron chi connectivity index (χ2n) is 5.32. The molecule has 0 saturated carbocycles. The van der Waals surface area contributed by atoms with E-state index in [0.717, 1.165) is 25.1 Å². The van der Waals surface area contributed by atoms with Gasteiger partial charge >= 0.3 is 0 Å². The van der Waals surface area contributed by atoms with Crippen LogP contribution < -0.4 is 5.32 Å². The Kier molecular flexibility index (Phi) is 8.48. The van der Waals surface area contributed by atoms with Crippen molar-refractivity contribution in [3.05, 3.63) is 35.6 Å². The molecule has 1 aromatic rings. The Bertz CT molecular complexity index is 338. The number of nitrogens with one attached hydrogen (secondary N) is 1.